The normalized spacial score (nSPS) is 19.4. The zero-order valence-electron chi connectivity index (χ0n) is 16.2. The molecule has 1 fully saturated rings. The van der Waals surface area contributed by atoms with E-state index in [-0.39, 0.29) is 34.3 Å². The summed E-state index contributed by atoms with van der Waals surface area (Å²) >= 11 is 1.14. The van der Waals surface area contributed by atoms with Crippen LogP contribution in [0.3, 0.4) is 0 Å². The number of thioether (sulfide) groups is 1. The Morgan fingerprint density at radius 2 is 2.07 bits per heavy atom. The Bertz CT molecular complexity index is 959. The van der Waals surface area contributed by atoms with Gasteiger partial charge < -0.3 is 15.0 Å². The van der Waals surface area contributed by atoms with Gasteiger partial charge in [-0.25, -0.2) is 14.8 Å². The first-order chi connectivity index (χ1) is 13.4. The first-order valence-corrected chi connectivity index (χ1v) is 10.3. The molecule has 1 aliphatic rings. The minimum Gasteiger partial charge on any atom is -0.465 e. The lowest BCUT2D eigenvalue weighted by molar-refractivity contribution is -0.119. The summed E-state index contributed by atoms with van der Waals surface area (Å²) in [5.41, 5.74) is 0.347. The predicted octanol–water partition coefficient (Wildman–Crippen LogP) is 2.20. The molecule has 0 saturated heterocycles. The maximum absolute atomic E-state index is 12.5. The number of aromatic amines is 1. The van der Waals surface area contributed by atoms with Crippen LogP contribution in [0.4, 0.5) is 0 Å². The molecule has 2 N–H and O–H groups in total. The quantitative estimate of drug-likeness (QED) is 0.446. The van der Waals surface area contributed by atoms with Gasteiger partial charge in [0.15, 0.2) is 10.8 Å². The Labute approximate surface area is 166 Å². The monoisotopic (exact) mass is 404 g/mol. The van der Waals surface area contributed by atoms with Gasteiger partial charge in [-0.15, -0.1) is 0 Å². The van der Waals surface area contributed by atoms with Gasteiger partial charge in [-0.05, 0) is 31.7 Å². The fourth-order valence-electron chi connectivity index (χ4n) is 3.50. The lowest BCUT2D eigenvalue weighted by Crippen LogP contribution is -2.41. The van der Waals surface area contributed by atoms with Crippen LogP contribution in [0.5, 0.6) is 0 Å². The fraction of sp³-hybridized carbons (Fsp3) is 0.526. The minimum atomic E-state index is -0.621. The van der Waals surface area contributed by atoms with Crippen molar-refractivity contribution in [1.82, 2.24) is 20.3 Å². The molecule has 1 aliphatic carbocycles. The van der Waals surface area contributed by atoms with E-state index < -0.39 is 11.5 Å². The number of fused-ring (bicyclic) bond motifs is 1. The summed E-state index contributed by atoms with van der Waals surface area (Å²) < 4.78 is 4.74. The van der Waals surface area contributed by atoms with Gasteiger partial charge in [-0.1, -0.05) is 31.5 Å². The molecule has 3 rings (SSSR count). The molecule has 2 heterocycles. The zero-order chi connectivity index (χ0) is 20.3. The fourth-order valence-corrected chi connectivity index (χ4v) is 4.16. The van der Waals surface area contributed by atoms with Gasteiger partial charge in [0, 0.05) is 11.7 Å². The second kappa shape index (κ2) is 8.72. The number of amides is 1. The van der Waals surface area contributed by atoms with Crippen molar-refractivity contribution in [3.63, 3.8) is 0 Å². The third-order valence-electron chi connectivity index (χ3n) is 4.99. The van der Waals surface area contributed by atoms with Crippen LogP contribution in [0, 0.1) is 12.8 Å². The molecule has 1 saturated carbocycles. The van der Waals surface area contributed by atoms with Crippen molar-refractivity contribution >= 4 is 34.7 Å². The Morgan fingerprint density at radius 1 is 1.32 bits per heavy atom. The summed E-state index contributed by atoms with van der Waals surface area (Å²) in [6.07, 6.45) is 4.48. The number of carbonyl (C=O) groups excluding carboxylic acids is 2. The number of esters is 1. The summed E-state index contributed by atoms with van der Waals surface area (Å²) in [6, 6.07) is 1.70. The van der Waals surface area contributed by atoms with Gasteiger partial charge in [-0.2, -0.15) is 0 Å². The molecule has 0 radical (unpaired) electrons. The van der Waals surface area contributed by atoms with Crippen LogP contribution in [-0.4, -0.2) is 45.7 Å². The van der Waals surface area contributed by atoms with Crippen LogP contribution in [-0.2, 0) is 9.53 Å². The average molecular weight is 404 g/mol. The van der Waals surface area contributed by atoms with Gasteiger partial charge >= 0.3 is 5.97 Å². The molecule has 1 amide bonds. The predicted molar refractivity (Wildman–Crippen MR) is 107 cm³/mol. The van der Waals surface area contributed by atoms with Gasteiger partial charge in [0.1, 0.15) is 0 Å². The number of aryl methyl sites for hydroxylation is 1. The molecule has 2 atom stereocenters. The van der Waals surface area contributed by atoms with E-state index in [1.807, 2.05) is 0 Å². The molecule has 150 valence electrons. The Balaban J connectivity index is 1.76. The molecule has 8 nitrogen and oxygen atoms in total. The van der Waals surface area contributed by atoms with Crippen LogP contribution < -0.4 is 10.9 Å². The summed E-state index contributed by atoms with van der Waals surface area (Å²) in [7, 11) is 1.25. The standard InChI is InChI=1S/C19H24N4O4S/c1-10-6-4-5-7-13(10)21-14(24)9-28-19-22-16-15(17(25)23-19)12(18(26)27-3)8-11(2)20-16/h8,10,13H,4-7,9H2,1-3H3,(H,21,24)(H,20,22,23,25). The summed E-state index contributed by atoms with van der Waals surface area (Å²) in [5, 5.41) is 3.45. The van der Waals surface area contributed by atoms with Crippen molar-refractivity contribution in [2.45, 2.75) is 50.7 Å². The minimum absolute atomic E-state index is 0.0843. The number of rotatable bonds is 5. The number of hydrogen-bond acceptors (Lipinski definition) is 7. The van der Waals surface area contributed by atoms with Crippen molar-refractivity contribution < 1.29 is 14.3 Å². The molecule has 0 aliphatic heterocycles. The average Bonchev–Trinajstić information content (AvgIpc) is 2.66. The molecule has 0 aromatic carbocycles. The van der Waals surface area contributed by atoms with E-state index in [0.717, 1.165) is 31.0 Å². The highest BCUT2D eigenvalue weighted by atomic mass is 32.2. The molecular weight excluding hydrogens is 380 g/mol. The van der Waals surface area contributed by atoms with Crippen molar-refractivity contribution in [2.24, 2.45) is 5.92 Å². The van der Waals surface area contributed by atoms with Gasteiger partial charge in [0.2, 0.25) is 5.91 Å². The highest BCUT2D eigenvalue weighted by Crippen LogP contribution is 2.24. The number of aromatic nitrogens is 3. The molecule has 9 heteroatoms. The number of H-pyrrole nitrogens is 1. The van der Waals surface area contributed by atoms with E-state index in [1.54, 1.807) is 6.92 Å². The third kappa shape index (κ3) is 4.52. The van der Waals surface area contributed by atoms with Crippen LogP contribution in [0.25, 0.3) is 11.0 Å². The Hall–Kier alpha value is -2.42. The first-order valence-electron chi connectivity index (χ1n) is 9.31. The van der Waals surface area contributed by atoms with Gasteiger partial charge in [0.05, 0.1) is 23.8 Å². The molecule has 0 spiro atoms. The van der Waals surface area contributed by atoms with Crippen molar-refractivity contribution in [2.75, 3.05) is 12.9 Å². The first kappa shape index (κ1) is 20.3. The number of methoxy groups -OCH3 is 1. The highest BCUT2D eigenvalue weighted by Gasteiger charge is 2.23. The molecule has 2 unspecified atom stereocenters. The number of nitrogens with zero attached hydrogens (tertiary/aromatic N) is 2. The summed E-state index contributed by atoms with van der Waals surface area (Å²) in [6.45, 7) is 3.87. The maximum atomic E-state index is 12.5. The molecule has 2 aromatic rings. The molecule has 28 heavy (non-hydrogen) atoms. The van der Waals surface area contributed by atoms with Crippen molar-refractivity contribution in [3.8, 4) is 0 Å². The number of ether oxygens (including phenoxy) is 1. The largest absolute Gasteiger partial charge is 0.465 e. The van der Waals surface area contributed by atoms with Gasteiger partial charge in [-0.3, -0.25) is 9.59 Å². The lowest BCUT2D eigenvalue weighted by Gasteiger charge is -2.29. The lowest BCUT2D eigenvalue weighted by atomic mass is 9.86. The smallest absolute Gasteiger partial charge is 0.338 e. The van der Waals surface area contributed by atoms with E-state index in [2.05, 4.69) is 27.2 Å². The number of hydrogen-bond donors (Lipinski definition) is 2. The second-order valence-corrected chi connectivity index (χ2v) is 8.06. The third-order valence-corrected chi connectivity index (χ3v) is 5.86. The molecular formula is C19H24N4O4S. The van der Waals surface area contributed by atoms with Crippen molar-refractivity contribution in [1.29, 1.82) is 0 Å². The SMILES string of the molecule is COC(=O)c1cc(C)nc2nc(SCC(=O)NC3CCCCC3C)[nH]c(=O)c12. The highest BCUT2D eigenvalue weighted by molar-refractivity contribution is 7.99. The Morgan fingerprint density at radius 3 is 2.79 bits per heavy atom. The van der Waals surface area contributed by atoms with E-state index >= 15 is 0 Å². The van der Waals surface area contributed by atoms with E-state index in [0.29, 0.717) is 16.8 Å². The number of carbonyl (C=O) groups is 2. The summed E-state index contributed by atoms with van der Waals surface area (Å²) in [5.74, 6) is -0.0822. The molecule has 0 bridgehead atoms. The van der Waals surface area contributed by atoms with E-state index in [4.69, 9.17) is 4.74 Å². The van der Waals surface area contributed by atoms with Crippen LogP contribution in [0.2, 0.25) is 0 Å². The van der Waals surface area contributed by atoms with Crippen LogP contribution >= 0.6 is 11.8 Å². The second-order valence-electron chi connectivity index (χ2n) is 7.10. The van der Waals surface area contributed by atoms with Crippen LogP contribution in [0.15, 0.2) is 16.0 Å². The van der Waals surface area contributed by atoms with Crippen molar-refractivity contribution in [3.05, 3.63) is 27.7 Å². The topological polar surface area (TPSA) is 114 Å². The van der Waals surface area contributed by atoms with Crippen LogP contribution in [0.1, 0.15) is 48.7 Å². The van der Waals surface area contributed by atoms with E-state index in [1.165, 1.54) is 19.6 Å². The number of pyridine rings is 1. The molecule has 2 aromatic heterocycles. The number of nitrogens with one attached hydrogen (secondary N) is 2. The zero-order valence-corrected chi connectivity index (χ0v) is 17.0. The van der Waals surface area contributed by atoms with Gasteiger partial charge in [0.25, 0.3) is 5.56 Å². The summed E-state index contributed by atoms with van der Waals surface area (Å²) in [4.78, 5) is 47.9. The maximum Gasteiger partial charge on any atom is 0.338 e. The van der Waals surface area contributed by atoms with E-state index in [9.17, 15) is 14.4 Å². The Kier molecular flexibility index (Phi) is 6.33.